The number of nitrogens with one attached hydrogen (secondary N) is 2. The molecule has 2 N–H and O–H groups in total. The van der Waals surface area contributed by atoms with Gasteiger partial charge in [0.15, 0.2) is 6.10 Å². The number of hydrogen-bond donors (Lipinski definition) is 2. The van der Waals surface area contributed by atoms with Gasteiger partial charge in [0.1, 0.15) is 28.6 Å². The zero-order valence-corrected chi connectivity index (χ0v) is 25.3. The fourth-order valence-electron chi connectivity index (χ4n) is 4.91. The van der Waals surface area contributed by atoms with E-state index in [1.807, 2.05) is 12.1 Å². The standard InChI is InChI=1S/C30H47N3O7/c1-28(2,3)39-26(35)32-24-21-18-20(19-23(34)31-14-17-33-15-10-9-11-16-33)12-13-22(21)38-30(7,8)25(24)37-27(36)40-29(4,5)6/h12-13,18,24-25H,9-11,14-17,19H2,1-8H3,(H,31,34)(H,32,35)/t24-,25+/m1/s1. The molecule has 0 aromatic heterocycles. The predicted octanol–water partition coefficient (Wildman–Crippen LogP) is 4.89. The molecule has 2 aliphatic rings. The first-order valence-corrected chi connectivity index (χ1v) is 14.2. The molecule has 10 nitrogen and oxygen atoms in total. The Bertz CT molecular complexity index is 1050. The molecule has 0 radical (unpaired) electrons. The summed E-state index contributed by atoms with van der Waals surface area (Å²) >= 11 is 0. The first-order chi connectivity index (χ1) is 18.5. The Morgan fingerprint density at radius 2 is 1.65 bits per heavy atom. The van der Waals surface area contributed by atoms with Gasteiger partial charge in [0, 0.05) is 18.7 Å². The van der Waals surface area contributed by atoms with Gasteiger partial charge in [-0.25, -0.2) is 9.59 Å². The summed E-state index contributed by atoms with van der Waals surface area (Å²) in [4.78, 5) is 40.7. The number of piperidine rings is 1. The SMILES string of the molecule is CC(C)(C)OC(=O)N[C@@H]1c2cc(CC(=O)NCCN3CCCCC3)ccc2OC(C)(C)[C@H]1OC(=O)OC(C)(C)C. The van der Waals surface area contributed by atoms with Crippen molar-refractivity contribution in [3.8, 4) is 5.75 Å². The summed E-state index contributed by atoms with van der Waals surface area (Å²) in [7, 11) is 0. The average Bonchev–Trinajstić information content (AvgIpc) is 2.80. The van der Waals surface area contributed by atoms with Crippen molar-refractivity contribution in [3.63, 3.8) is 0 Å². The van der Waals surface area contributed by atoms with E-state index in [9.17, 15) is 14.4 Å². The highest BCUT2D eigenvalue weighted by atomic mass is 16.7. The van der Waals surface area contributed by atoms with E-state index in [0.29, 0.717) is 17.9 Å². The summed E-state index contributed by atoms with van der Waals surface area (Å²) in [5.41, 5.74) is -1.20. The molecule has 2 amide bonds. The van der Waals surface area contributed by atoms with Crippen molar-refractivity contribution in [2.75, 3.05) is 26.2 Å². The monoisotopic (exact) mass is 561 g/mol. The van der Waals surface area contributed by atoms with E-state index in [1.165, 1.54) is 19.3 Å². The van der Waals surface area contributed by atoms with Crippen molar-refractivity contribution in [1.82, 2.24) is 15.5 Å². The van der Waals surface area contributed by atoms with Crippen LogP contribution in [-0.4, -0.2) is 72.1 Å². The highest BCUT2D eigenvalue weighted by Gasteiger charge is 2.48. The van der Waals surface area contributed by atoms with Crippen LogP contribution >= 0.6 is 0 Å². The van der Waals surface area contributed by atoms with Crippen LogP contribution in [0.3, 0.4) is 0 Å². The van der Waals surface area contributed by atoms with Crippen LogP contribution in [0.5, 0.6) is 5.75 Å². The van der Waals surface area contributed by atoms with Crippen molar-refractivity contribution in [1.29, 1.82) is 0 Å². The van der Waals surface area contributed by atoms with E-state index < -0.39 is 41.2 Å². The van der Waals surface area contributed by atoms with Gasteiger partial charge in [-0.3, -0.25) is 4.79 Å². The second-order valence-corrected chi connectivity index (χ2v) is 13.1. The Morgan fingerprint density at radius 3 is 2.27 bits per heavy atom. The van der Waals surface area contributed by atoms with E-state index in [4.69, 9.17) is 18.9 Å². The van der Waals surface area contributed by atoms with Crippen LogP contribution in [0, 0.1) is 0 Å². The second-order valence-electron chi connectivity index (χ2n) is 13.1. The molecule has 2 heterocycles. The Morgan fingerprint density at radius 1 is 1.00 bits per heavy atom. The third kappa shape index (κ3) is 9.57. The zero-order valence-electron chi connectivity index (χ0n) is 25.3. The van der Waals surface area contributed by atoms with Crippen molar-refractivity contribution in [2.45, 2.75) is 110 Å². The summed E-state index contributed by atoms with van der Waals surface area (Å²) < 4.78 is 22.9. The molecule has 2 atom stereocenters. The lowest BCUT2D eigenvalue weighted by Gasteiger charge is -2.44. The van der Waals surface area contributed by atoms with Gasteiger partial charge in [0.25, 0.3) is 0 Å². The minimum Gasteiger partial charge on any atom is -0.484 e. The van der Waals surface area contributed by atoms with Crippen LogP contribution in [-0.2, 0) is 25.4 Å². The van der Waals surface area contributed by atoms with Gasteiger partial charge in [0.05, 0.1) is 6.42 Å². The van der Waals surface area contributed by atoms with Crippen LogP contribution < -0.4 is 15.4 Å². The quantitative estimate of drug-likeness (QED) is 0.452. The number of fused-ring (bicyclic) bond motifs is 1. The third-order valence-corrected chi connectivity index (χ3v) is 6.62. The number of likely N-dealkylation sites (tertiary alicyclic amines) is 1. The Hall–Kier alpha value is -3.01. The van der Waals surface area contributed by atoms with Gasteiger partial charge in [-0.1, -0.05) is 12.5 Å². The van der Waals surface area contributed by atoms with Crippen LogP contribution in [0.1, 0.15) is 91.8 Å². The highest BCUT2D eigenvalue weighted by Crippen LogP contribution is 2.42. The molecule has 0 unspecified atom stereocenters. The summed E-state index contributed by atoms with van der Waals surface area (Å²) in [5, 5.41) is 5.89. The molecule has 1 aromatic carbocycles. The predicted molar refractivity (Wildman–Crippen MR) is 151 cm³/mol. The number of hydrogen-bond acceptors (Lipinski definition) is 8. The van der Waals surface area contributed by atoms with Gasteiger partial charge in [0.2, 0.25) is 5.91 Å². The first kappa shape index (κ1) is 31.5. The average molecular weight is 562 g/mol. The fraction of sp³-hybridized carbons (Fsp3) is 0.700. The molecule has 40 heavy (non-hydrogen) atoms. The number of carbonyl (C=O) groups is 3. The van der Waals surface area contributed by atoms with Crippen molar-refractivity contribution in [2.24, 2.45) is 0 Å². The molecule has 224 valence electrons. The molecule has 1 saturated heterocycles. The Labute approximate surface area is 238 Å². The first-order valence-electron chi connectivity index (χ1n) is 14.2. The number of nitrogens with zero attached hydrogens (tertiary/aromatic N) is 1. The lowest BCUT2D eigenvalue weighted by molar-refractivity contribution is -0.120. The van der Waals surface area contributed by atoms with Gasteiger partial charge in [-0.15, -0.1) is 0 Å². The van der Waals surface area contributed by atoms with E-state index in [1.54, 1.807) is 61.5 Å². The zero-order chi connectivity index (χ0) is 29.7. The summed E-state index contributed by atoms with van der Waals surface area (Å²) in [5.74, 6) is 0.427. The number of carbonyl (C=O) groups excluding carboxylic acids is 3. The largest absolute Gasteiger partial charge is 0.509 e. The maximum Gasteiger partial charge on any atom is 0.509 e. The molecule has 1 aromatic rings. The highest BCUT2D eigenvalue weighted by molar-refractivity contribution is 5.78. The summed E-state index contributed by atoms with van der Waals surface area (Å²) in [6, 6.07) is 4.60. The molecular weight excluding hydrogens is 514 g/mol. The Kier molecular flexibility index (Phi) is 9.98. The third-order valence-electron chi connectivity index (χ3n) is 6.62. The second kappa shape index (κ2) is 12.7. The molecule has 0 spiro atoms. The lowest BCUT2D eigenvalue weighted by Crippen LogP contribution is -2.56. The molecular formula is C30H47N3O7. The maximum absolute atomic E-state index is 12.9. The molecule has 0 saturated carbocycles. The van der Waals surface area contributed by atoms with Gasteiger partial charge >= 0.3 is 12.2 Å². The van der Waals surface area contributed by atoms with Crippen LogP contribution in [0.25, 0.3) is 0 Å². The summed E-state index contributed by atoms with van der Waals surface area (Å²) in [6.07, 6.45) is 1.36. The number of alkyl carbamates (subject to hydrolysis) is 1. The van der Waals surface area contributed by atoms with Crippen LogP contribution in [0.15, 0.2) is 18.2 Å². The molecule has 3 rings (SSSR count). The number of amides is 2. The van der Waals surface area contributed by atoms with Gasteiger partial charge < -0.3 is 34.5 Å². The number of ether oxygens (including phenoxy) is 4. The topological polar surface area (TPSA) is 115 Å². The smallest absolute Gasteiger partial charge is 0.484 e. The molecule has 1 fully saturated rings. The van der Waals surface area contributed by atoms with Gasteiger partial charge in [-0.05, 0) is 99.0 Å². The number of rotatable bonds is 7. The molecule has 0 aliphatic carbocycles. The van der Waals surface area contributed by atoms with E-state index >= 15 is 0 Å². The fourth-order valence-corrected chi connectivity index (χ4v) is 4.91. The van der Waals surface area contributed by atoms with Crippen molar-refractivity contribution >= 4 is 18.2 Å². The molecule has 10 heteroatoms. The van der Waals surface area contributed by atoms with E-state index in [2.05, 4.69) is 15.5 Å². The van der Waals surface area contributed by atoms with Gasteiger partial charge in [-0.2, -0.15) is 0 Å². The lowest BCUT2D eigenvalue weighted by atomic mass is 9.85. The molecule has 2 aliphatic heterocycles. The van der Waals surface area contributed by atoms with E-state index in [-0.39, 0.29) is 12.3 Å². The van der Waals surface area contributed by atoms with Crippen molar-refractivity contribution in [3.05, 3.63) is 29.3 Å². The van der Waals surface area contributed by atoms with Crippen LogP contribution in [0.4, 0.5) is 9.59 Å². The Balaban J connectivity index is 1.80. The minimum atomic E-state index is -1.02. The minimum absolute atomic E-state index is 0.0905. The summed E-state index contributed by atoms with van der Waals surface area (Å²) in [6.45, 7) is 17.7. The van der Waals surface area contributed by atoms with E-state index in [0.717, 1.165) is 25.2 Å². The number of benzene rings is 1. The maximum atomic E-state index is 12.9. The molecule has 0 bridgehead atoms. The normalized spacial score (nSPS) is 20.9. The van der Waals surface area contributed by atoms with Crippen molar-refractivity contribution < 1.29 is 33.3 Å². The van der Waals surface area contributed by atoms with Crippen LogP contribution in [0.2, 0.25) is 0 Å².